The van der Waals surface area contributed by atoms with Gasteiger partial charge in [-0.15, -0.1) is 0 Å². The third-order valence-electron chi connectivity index (χ3n) is 5.17. The van der Waals surface area contributed by atoms with E-state index in [1.165, 1.54) is 31.3 Å². The highest BCUT2D eigenvalue weighted by atomic mass is 35.5. The lowest BCUT2D eigenvalue weighted by atomic mass is 9.93. The Kier molecular flexibility index (Phi) is 8.31. The van der Waals surface area contributed by atoms with Crippen molar-refractivity contribution in [3.63, 3.8) is 0 Å². The molecule has 0 aliphatic rings. The van der Waals surface area contributed by atoms with Gasteiger partial charge in [0, 0.05) is 30.1 Å². The van der Waals surface area contributed by atoms with Gasteiger partial charge < -0.3 is 15.7 Å². The topological polar surface area (TPSA) is 137 Å². The van der Waals surface area contributed by atoms with Crippen molar-refractivity contribution in [2.75, 3.05) is 6.54 Å². The molecule has 2 aromatic carbocycles. The van der Waals surface area contributed by atoms with Gasteiger partial charge in [0.05, 0.1) is 12.1 Å². The molecule has 0 aliphatic heterocycles. The van der Waals surface area contributed by atoms with Crippen molar-refractivity contribution in [2.24, 2.45) is 5.92 Å². The second-order valence-corrected chi connectivity index (χ2v) is 8.20. The Balaban J connectivity index is 1.79. The molecule has 2 amide bonds. The van der Waals surface area contributed by atoms with E-state index in [4.69, 9.17) is 11.6 Å². The molecule has 9 nitrogen and oxygen atoms in total. The van der Waals surface area contributed by atoms with Crippen LogP contribution in [0, 0.1) is 11.7 Å². The molecule has 0 saturated carbocycles. The van der Waals surface area contributed by atoms with Gasteiger partial charge in [-0.25, -0.2) is 4.39 Å². The molecule has 0 fully saturated rings. The van der Waals surface area contributed by atoms with Crippen LogP contribution in [0.2, 0.25) is 5.02 Å². The van der Waals surface area contributed by atoms with Crippen LogP contribution in [0.4, 0.5) is 4.39 Å². The second-order valence-electron chi connectivity index (χ2n) is 7.76. The van der Waals surface area contributed by atoms with Crippen molar-refractivity contribution in [1.82, 2.24) is 26.0 Å². The van der Waals surface area contributed by atoms with E-state index in [2.05, 4.69) is 26.0 Å². The maximum Gasteiger partial charge on any atom is 0.308 e. The van der Waals surface area contributed by atoms with E-state index in [1.807, 2.05) is 0 Å². The number of rotatable bonds is 10. The minimum atomic E-state index is -1.10. The number of H-pyrrole nitrogens is 1. The number of amides is 2. The summed E-state index contributed by atoms with van der Waals surface area (Å²) in [6.07, 6.45) is 1.61. The number of carboxylic acid groups (broad SMARTS) is 1. The lowest BCUT2D eigenvalue weighted by Gasteiger charge is -2.22. The van der Waals surface area contributed by atoms with Gasteiger partial charge in [-0.05, 0) is 42.2 Å². The molecule has 4 N–H and O–H groups in total. The first-order chi connectivity index (χ1) is 16.2. The first kappa shape index (κ1) is 24.8. The van der Waals surface area contributed by atoms with E-state index in [9.17, 15) is 23.9 Å². The standard InChI is InChI=1S/C23H23ClFN5O4/c1-13(31)26-11-16(23(33)34)9-18(28-22(32)21-12-27-30-29-21)8-14-2-4-15(5-3-14)19-10-17(24)6-7-20(19)25/h2-7,10,12,16,18H,8-9,11H2,1H3,(H,26,31)(H,28,32)(H,33,34)(H,27,29,30). The number of hydrogen-bond donors (Lipinski definition) is 4. The van der Waals surface area contributed by atoms with Crippen LogP contribution in [-0.2, 0) is 16.0 Å². The fraction of sp³-hybridized carbons (Fsp3) is 0.261. The number of aromatic amines is 1. The highest BCUT2D eigenvalue weighted by Crippen LogP contribution is 2.26. The first-order valence-electron chi connectivity index (χ1n) is 10.4. The lowest BCUT2D eigenvalue weighted by molar-refractivity contribution is -0.142. The zero-order chi connectivity index (χ0) is 24.7. The zero-order valence-corrected chi connectivity index (χ0v) is 19.0. The summed E-state index contributed by atoms with van der Waals surface area (Å²) in [5.41, 5.74) is 1.84. The van der Waals surface area contributed by atoms with Gasteiger partial charge in [0.15, 0.2) is 5.69 Å². The fourth-order valence-electron chi connectivity index (χ4n) is 3.47. The second kappa shape index (κ2) is 11.4. The molecule has 1 aromatic heterocycles. The smallest absolute Gasteiger partial charge is 0.308 e. The average Bonchev–Trinajstić information content (AvgIpc) is 3.33. The minimum Gasteiger partial charge on any atom is -0.481 e. The van der Waals surface area contributed by atoms with Crippen LogP contribution in [-0.4, -0.2) is 50.9 Å². The molecule has 11 heteroatoms. The SMILES string of the molecule is CC(=O)NCC(CC(Cc1ccc(-c2cc(Cl)ccc2F)cc1)NC(=O)c1cn[nH]n1)C(=O)O. The number of aliphatic carboxylic acids is 1. The zero-order valence-electron chi connectivity index (χ0n) is 18.2. The van der Waals surface area contributed by atoms with Gasteiger partial charge in [0.25, 0.3) is 5.91 Å². The Morgan fingerprint density at radius 3 is 2.53 bits per heavy atom. The Bertz CT molecular complexity index is 1150. The summed E-state index contributed by atoms with van der Waals surface area (Å²) < 4.78 is 14.2. The lowest BCUT2D eigenvalue weighted by Crippen LogP contribution is -2.42. The maximum absolute atomic E-state index is 14.2. The molecule has 1 heterocycles. The van der Waals surface area contributed by atoms with Gasteiger partial charge >= 0.3 is 5.97 Å². The van der Waals surface area contributed by atoms with Gasteiger partial charge in [-0.3, -0.25) is 14.4 Å². The van der Waals surface area contributed by atoms with E-state index in [1.54, 1.807) is 24.3 Å². The van der Waals surface area contributed by atoms with Crippen molar-refractivity contribution in [1.29, 1.82) is 0 Å². The van der Waals surface area contributed by atoms with E-state index in [0.29, 0.717) is 22.6 Å². The highest BCUT2D eigenvalue weighted by Gasteiger charge is 2.25. The summed E-state index contributed by atoms with van der Waals surface area (Å²) >= 11 is 5.98. The van der Waals surface area contributed by atoms with E-state index < -0.39 is 29.7 Å². The quantitative estimate of drug-likeness (QED) is 0.347. The summed E-state index contributed by atoms with van der Waals surface area (Å²) in [5, 5.41) is 25.0. The van der Waals surface area contributed by atoms with E-state index in [0.717, 1.165) is 5.56 Å². The van der Waals surface area contributed by atoms with Gasteiger partial charge in [-0.2, -0.15) is 15.4 Å². The van der Waals surface area contributed by atoms with E-state index >= 15 is 0 Å². The summed E-state index contributed by atoms with van der Waals surface area (Å²) in [7, 11) is 0. The normalized spacial score (nSPS) is 12.6. The number of aromatic nitrogens is 3. The molecule has 178 valence electrons. The molecular formula is C23H23ClFN5O4. The summed E-state index contributed by atoms with van der Waals surface area (Å²) in [4.78, 5) is 35.5. The van der Waals surface area contributed by atoms with Crippen LogP contribution in [0.3, 0.4) is 0 Å². The molecule has 0 bridgehead atoms. The van der Waals surface area contributed by atoms with Crippen molar-refractivity contribution in [3.05, 3.63) is 70.8 Å². The van der Waals surface area contributed by atoms with Crippen LogP contribution in [0.15, 0.2) is 48.7 Å². The molecule has 0 saturated heterocycles. The predicted octanol–water partition coefficient (Wildman–Crippen LogP) is 2.83. The number of carbonyl (C=O) groups is 3. The fourth-order valence-corrected chi connectivity index (χ4v) is 3.64. The van der Waals surface area contributed by atoms with Crippen molar-refractivity contribution in [3.8, 4) is 11.1 Å². The monoisotopic (exact) mass is 487 g/mol. The molecule has 3 rings (SSSR count). The van der Waals surface area contributed by atoms with Gasteiger partial charge in [0.1, 0.15) is 5.82 Å². The summed E-state index contributed by atoms with van der Waals surface area (Å²) in [5.74, 6) is -3.29. The van der Waals surface area contributed by atoms with Crippen LogP contribution < -0.4 is 10.6 Å². The summed E-state index contributed by atoms with van der Waals surface area (Å²) in [6.45, 7) is 1.22. The number of benzene rings is 2. The van der Waals surface area contributed by atoms with E-state index in [-0.39, 0.29) is 24.6 Å². The number of nitrogens with one attached hydrogen (secondary N) is 3. The Labute approximate surface area is 199 Å². The highest BCUT2D eigenvalue weighted by molar-refractivity contribution is 6.30. The van der Waals surface area contributed by atoms with Gasteiger partial charge in [-0.1, -0.05) is 35.9 Å². The average molecular weight is 488 g/mol. The van der Waals surface area contributed by atoms with Crippen molar-refractivity contribution < 1.29 is 23.9 Å². The largest absolute Gasteiger partial charge is 0.481 e. The number of nitrogens with zero attached hydrogens (tertiary/aromatic N) is 2. The Morgan fingerprint density at radius 2 is 1.91 bits per heavy atom. The van der Waals surface area contributed by atoms with Crippen LogP contribution >= 0.6 is 11.6 Å². The third kappa shape index (κ3) is 6.85. The Hall–Kier alpha value is -3.79. The molecule has 3 aromatic rings. The molecule has 0 spiro atoms. The molecule has 2 atom stereocenters. The predicted molar refractivity (Wildman–Crippen MR) is 123 cm³/mol. The number of hydrogen-bond acceptors (Lipinski definition) is 5. The minimum absolute atomic E-state index is 0.0594. The third-order valence-corrected chi connectivity index (χ3v) is 5.41. The van der Waals surface area contributed by atoms with Crippen molar-refractivity contribution in [2.45, 2.75) is 25.8 Å². The maximum atomic E-state index is 14.2. The molecule has 2 unspecified atom stereocenters. The first-order valence-corrected chi connectivity index (χ1v) is 10.8. The molecule has 34 heavy (non-hydrogen) atoms. The number of halogens is 2. The van der Waals surface area contributed by atoms with Gasteiger partial charge in [0.2, 0.25) is 5.91 Å². The molecular weight excluding hydrogens is 465 g/mol. The molecule has 0 radical (unpaired) electrons. The summed E-state index contributed by atoms with van der Waals surface area (Å²) in [6, 6.07) is 10.7. The Morgan fingerprint density at radius 1 is 1.18 bits per heavy atom. The van der Waals surface area contributed by atoms with Crippen LogP contribution in [0.1, 0.15) is 29.4 Å². The number of carbonyl (C=O) groups excluding carboxylic acids is 2. The van der Waals surface area contributed by atoms with Crippen molar-refractivity contribution >= 4 is 29.4 Å². The number of carboxylic acids is 1. The molecule has 0 aliphatic carbocycles. The van der Waals surface area contributed by atoms with Crippen LogP contribution in [0.25, 0.3) is 11.1 Å². The van der Waals surface area contributed by atoms with Crippen LogP contribution in [0.5, 0.6) is 0 Å².